The van der Waals surface area contributed by atoms with E-state index in [1.165, 1.54) is 9.13 Å². The van der Waals surface area contributed by atoms with E-state index in [2.05, 4.69) is 46.9 Å². The van der Waals surface area contributed by atoms with Crippen molar-refractivity contribution in [3.63, 3.8) is 0 Å². The van der Waals surface area contributed by atoms with Gasteiger partial charge in [0, 0.05) is 16.4 Å². The summed E-state index contributed by atoms with van der Waals surface area (Å²) in [6.45, 7) is 0. The number of carbonyl (C=O) groups excluding carboxylic acids is 1. The molecule has 0 heterocycles. The summed E-state index contributed by atoms with van der Waals surface area (Å²) in [4.78, 5) is 11.1. The zero-order valence-corrected chi connectivity index (χ0v) is 10.2. The van der Waals surface area contributed by atoms with Gasteiger partial charge in [0.1, 0.15) is 5.78 Å². The Balaban J connectivity index is 2.08. The Kier molecular flexibility index (Phi) is 3.21. The van der Waals surface area contributed by atoms with Crippen molar-refractivity contribution >= 4 is 28.4 Å². The molecule has 0 amide bonds. The summed E-state index contributed by atoms with van der Waals surface area (Å²) in [6, 6.07) is 8.68. The van der Waals surface area contributed by atoms with Crippen LogP contribution < -0.4 is 0 Å². The molecule has 0 N–H and O–H groups in total. The molecular formula is C12H13IO. The summed E-state index contributed by atoms with van der Waals surface area (Å²) in [5, 5.41) is 0. The van der Waals surface area contributed by atoms with Crippen molar-refractivity contribution in [1.29, 1.82) is 0 Å². The maximum atomic E-state index is 11.1. The molecule has 1 aromatic carbocycles. The van der Waals surface area contributed by atoms with E-state index < -0.39 is 0 Å². The first-order chi connectivity index (χ1) is 6.75. The van der Waals surface area contributed by atoms with Crippen LogP contribution >= 0.6 is 22.6 Å². The van der Waals surface area contributed by atoms with Crippen LogP contribution in [0, 0.1) is 3.57 Å². The summed E-state index contributed by atoms with van der Waals surface area (Å²) < 4.78 is 1.28. The molecule has 0 atom stereocenters. The highest BCUT2D eigenvalue weighted by atomic mass is 127. The van der Waals surface area contributed by atoms with E-state index in [9.17, 15) is 4.79 Å². The van der Waals surface area contributed by atoms with E-state index in [-0.39, 0.29) is 0 Å². The second kappa shape index (κ2) is 4.43. The SMILES string of the molecule is O=C1CCC(c2ccc(I)cc2)CC1. The van der Waals surface area contributed by atoms with E-state index in [0.717, 1.165) is 25.7 Å². The first-order valence-electron chi connectivity index (χ1n) is 5.03. The lowest BCUT2D eigenvalue weighted by Gasteiger charge is -2.21. The highest BCUT2D eigenvalue weighted by Gasteiger charge is 2.19. The Morgan fingerprint density at radius 1 is 1.07 bits per heavy atom. The molecule has 1 aliphatic carbocycles. The van der Waals surface area contributed by atoms with Gasteiger partial charge in [-0.15, -0.1) is 0 Å². The van der Waals surface area contributed by atoms with Gasteiger partial charge in [-0.3, -0.25) is 4.79 Å². The summed E-state index contributed by atoms with van der Waals surface area (Å²) in [5.41, 5.74) is 1.40. The average molecular weight is 300 g/mol. The fraction of sp³-hybridized carbons (Fsp3) is 0.417. The van der Waals surface area contributed by atoms with Gasteiger partial charge in [0.25, 0.3) is 0 Å². The van der Waals surface area contributed by atoms with Gasteiger partial charge in [-0.1, -0.05) is 12.1 Å². The Morgan fingerprint density at radius 3 is 2.21 bits per heavy atom. The summed E-state index contributed by atoms with van der Waals surface area (Å²) in [6.07, 6.45) is 3.63. The van der Waals surface area contributed by atoms with E-state index >= 15 is 0 Å². The fourth-order valence-corrected chi connectivity index (χ4v) is 2.37. The average Bonchev–Trinajstić information content (AvgIpc) is 2.21. The van der Waals surface area contributed by atoms with E-state index in [0.29, 0.717) is 11.7 Å². The van der Waals surface area contributed by atoms with Crippen LogP contribution in [0.1, 0.15) is 37.2 Å². The highest BCUT2D eigenvalue weighted by molar-refractivity contribution is 14.1. The number of benzene rings is 1. The first-order valence-corrected chi connectivity index (χ1v) is 6.11. The largest absolute Gasteiger partial charge is 0.300 e. The molecule has 0 bridgehead atoms. The first kappa shape index (κ1) is 10.1. The summed E-state index contributed by atoms with van der Waals surface area (Å²) in [7, 11) is 0. The van der Waals surface area contributed by atoms with Crippen molar-refractivity contribution < 1.29 is 4.79 Å². The van der Waals surface area contributed by atoms with Gasteiger partial charge >= 0.3 is 0 Å². The third-order valence-corrected chi connectivity index (χ3v) is 3.60. The molecule has 0 aliphatic heterocycles. The monoisotopic (exact) mass is 300 g/mol. The zero-order valence-electron chi connectivity index (χ0n) is 8.00. The molecule has 0 aromatic heterocycles. The van der Waals surface area contributed by atoms with Gasteiger partial charge in [0.15, 0.2) is 0 Å². The van der Waals surface area contributed by atoms with Crippen molar-refractivity contribution in [3.8, 4) is 0 Å². The van der Waals surface area contributed by atoms with Crippen molar-refractivity contribution in [2.24, 2.45) is 0 Å². The molecule has 0 radical (unpaired) electrons. The minimum absolute atomic E-state index is 0.437. The number of halogens is 1. The third kappa shape index (κ3) is 2.35. The Labute approximate surface area is 98.0 Å². The third-order valence-electron chi connectivity index (χ3n) is 2.88. The number of Topliss-reactive ketones (excluding diaryl/α,β-unsaturated/α-hetero) is 1. The quantitative estimate of drug-likeness (QED) is 0.725. The molecule has 74 valence electrons. The Morgan fingerprint density at radius 2 is 1.64 bits per heavy atom. The maximum Gasteiger partial charge on any atom is 0.132 e. The van der Waals surface area contributed by atoms with Crippen LogP contribution in [0.5, 0.6) is 0 Å². The van der Waals surface area contributed by atoms with Crippen molar-refractivity contribution in [2.45, 2.75) is 31.6 Å². The number of ketones is 1. The Bertz CT molecular complexity index is 319. The van der Waals surface area contributed by atoms with Crippen molar-refractivity contribution in [1.82, 2.24) is 0 Å². The number of hydrogen-bond acceptors (Lipinski definition) is 1. The predicted molar refractivity (Wildman–Crippen MR) is 65.4 cm³/mol. The van der Waals surface area contributed by atoms with Gasteiger partial charge in [-0.05, 0) is 59.0 Å². The summed E-state index contributed by atoms with van der Waals surface area (Å²) in [5.74, 6) is 1.05. The second-order valence-corrected chi connectivity index (χ2v) is 5.11. The molecule has 2 heteroatoms. The maximum absolute atomic E-state index is 11.1. The van der Waals surface area contributed by atoms with E-state index in [1.54, 1.807) is 0 Å². The van der Waals surface area contributed by atoms with Gasteiger partial charge in [0.2, 0.25) is 0 Å². The molecule has 0 spiro atoms. The standard InChI is InChI=1S/C12H13IO/c13-11-5-1-9(2-6-11)10-3-7-12(14)8-4-10/h1-2,5-6,10H,3-4,7-8H2. The molecule has 1 saturated carbocycles. The van der Waals surface area contributed by atoms with Crippen LogP contribution in [0.3, 0.4) is 0 Å². The van der Waals surface area contributed by atoms with Crippen LogP contribution in [-0.2, 0) is 4.79 Å². The number of rotatable bonds is 1. The zero-order chi connectivity index (χ0) is 9.97. The van der Waals surface area contributed by atoms with Gasteiger partial charge in [0.05, 0.1) is 0 Å². The van der Waals surface area contributed by atoms with Crippen molar-refractivity contribution in [2.75, 3.05) is 0 Å². The number of hydrogen-bond donors (Lipinski definition) is 0. The molecule has 1 nitrogen and oxygen atoms in total. The minimum Gasteiger partial charge on any atom is -0.300 e. The van der Waals surface area contributed by atoms with Crippen molar-refractivity contribution in [3.05, 3.63) is 33.4 Å². The minimum atomic E-state index is 0.437. The molecule has 1 aliphatic rings. The lowest BCUT2D eigenvalue weighted by Crippen LogP contribution is -2.12. The topological polar surface area (TPSA) is 17.1 Å². The molecular weight excluding hydrogens is 287 g/mol. The highest BCUT2D eigenvalue weighted by Crippen LogP contribution is 2.31. The van der Waals surface area contributed by atoms with E-state index in [1.807, 2.05) is 0 Å². The van der Waals surface area contributed by atoms with Gasteiger partial charge < -0.3 is 0 Å². The van der Waals surface area contributed by atoms with Crippen LogP contribution in [0.4, 0.5) is 0 Å². The molecule has 2 rings (SSSR count). The van der Waals surface area contributed by atoms with Gasteiger partial charge in [-0.2, -0.15) is 0 Å². The molecule has 1 aromatic rings. The summed E-state index contributed by atoms with van der Waals surface area (Å²) >= 11 is 2.32. The molecule has 1 fully saturated rings. The van der Waals surface area contributed by atoms with Crippen LogP contribution in [-0.4, -0.2) is 5.78 Å². The lowest BCUT2D eigenvalue weighted by molar-refractivity contribution is -0.120. The lowest BCUT2D eigenvalue weighted by atomic mass is 9.83. The smallest absolute Gasteiger partial charge is 0.132 e. The molecule has 14 heavy (non-hydrogen) atoms. The number of carbonyl (C=O) groups is 1. The predicted octanol–water partition coefficient (Wildman–Crippen LogP) is 3.52. The van der Waals surface area contributed by atoms with Gasteiger partial charge in [-0.25, -0.2) is 0 Å². The van der Waals surface area contributed by atoms with Crippen LogP contribution in [0.2, 0.25) is 0 Å². The fourth-order valence-electron chi connectivity index (χ4n) is 2.01. The van der Waals surface area contributed by atoms with E-state index in [4.69, 9.17) is 0 Å². The molecule has 0 saturated heterocycles. The second-order valence-electron chi connectivity index (χ2n) is 3.86. The van der Waals surface area contributed by atoms with Crippen LogP contribution in [0.25, 0.3) is 0 Å². The normalized spacial score (nSPS) is 18.5. The molecule has 0 unspecified atom stereocenters. The Hall–Kier alpha value is -0.380. The van der Waals surface area contributed by atoms with Crippen LogP contribution in [0.15, 0.2) is 24.3 Å².